The third kappa shape index (κ3) is 1.55. The number of β-amino-alcohol motifs (C(OH)–C–C–N with tert-alkyl or cyclic N) is 2. The zero-order chi connectivity index (χ0) is 11.3. The number of likely N-dealkylation sites (tertiary alicyclic amines) is 1. The molecule has 3 aliphatic rings. The molecule has 2 aliphatic carbocycles. The van der Waals surface area contributed by atoms with Crippen LogP contribution in [0.1, 0.15) is 25.7 Å². The van der Waals surface area contributed by atoms with E-state index in [4.69, 9.17) is 0 Å². The average Bonchev–Trinajstić information content (AvgIpc) is 2.94. The summed E-state index contributed by atoms with van der Waals surface area (Å²) < 4.78 is 0. The van der Waals surface area contributed by atoms with Gasteiger partial charge >= 0.3 is 0 Å². The Morgan fingerprint density at radius 2 is 1.75 bits per heavy atom. The lowest BCUT2D eigenvalue weighted by atomic mass is 9.88. The van der Waals surface area contributed by atoms with Crippen molar-refractivity contribution in [1.82, 2.24) is 4.90 Å². The summed E-state index contributed by atoms with van der Waals surface area (Å²) in [6, 6.07) is 0. The van der Waals surface area contributed by atoms with Gasteiger partial charge in [-0.1, -0.05) is 6.42 Å². The Labute approximate surface area is 95.2 Å². The van der Waals surface area contributed by atoms with Crippen LogP contribution in [0, 0.1) is 17.8 Å². The number of hydrogen-bond acceptors (Lipinski definition) is 3. The van der Waals surface area contributed by atoms with Gasteiger partial charge in [0.25, 0.3) is 0 Å². The molecule has 0 aromatic carbocycles. The number of aliphatic hydroxyl groups is 2. The second kappa shape index (κ2) is 3.70. The first-order valence-electron chi connectivity index (χ1n) is 6.30. The highest BCUT2D eigenvalue weighted by molar-refractivity contribution is 5.80. The fourth-order valence-electron chi connectivity index (χ4n) is 3.73. The van der Waals surface area contributed by atoms with Crippen molar-refractivity contribution in [3.8, 4) is 0 Å². The molecular weight excluding hydrogens is 206 g/mol. The average molecular weight is 225 g/mol. The van der Waals surface area contributed by atoms with Crippen LogP contribution in [0.5, 0.6) is 0 Å². The summed E-state index contributed by atoms with van der Waals surface area (Å²) in [5.41, 5.74) is 0. The number of fused-ring (bicyclic) bond motifs is 2. The molecule has 5 atom stereocenters. The van der Waals surface area contributed by atoms with Gasteiger partial charge in [0.15, 0.2) is 0 Å². The van der Waals surface area contributed by atoms with Crippen LogP contribution < -0.4 is 0 Å². The molecule has 1 heterocycles. The Kier molecular flexibility index (Phi) is 2.44. The van der Waals surface area contributed by atoms with Crippen LogP contribution in [-0.2, 0) is 4.79 Å². The van der Waals surface area contributed by atoms with E-state index in [-0.39, 0.29) is 11.8 Å². The summed E-state index contributed by atoms with van der Waals surface area (Å²) in [4.78, 5) is 13.9. The second-order valence-electron chi connectivity index (χ2n) is 5.66. The Bertz CT molecular complexity index is 297. The van der Waals surface area contributed by atoms with Crippen molar-refractivity contribution in [1.29, 1.82) is 0 Å². The SMILES string of the molecule is O=C(C1CC2CCC1C2)N1C[C@@H](O)[C@@H](O)C1. The minimum atomic E-state index is -0.748. The van der Waals surface area contributed by atoms with E-state index in [9.17, 15) is 15.0 Å². The molecule has 1 saturated heterocycles. The van der Waals surface area contributed by atoms with Gasteiger partial charge in [0.1, 0.15) is 0 Å². The first kappa shape index (κ1) is 10.5. The van der Waals surface area contributed by atoms with Gasteiger partial charge in [-0.25, -0.2) is 0 Å². The van der Waals surface area contributed by atoms with Crippen molar-refractivity contribution >= 4 is 5.91 Å². The molecule has 3 unspecified atom stereocenters. The summed E-state index contributed by atoms with van der Waals surface area (Å²) in [6.45, 7) is 0.627. The molecule has 1 aliphatic heterocycles. The van der Waals surface area contributed by atoms with Crippen molar-refractivity contribution in [2.24, 2.45) is 17.8 Å². The van der Waals surface area contributed by atoms with E-state index in [1.54, 1.807) is 4.90 Å². The zero-order valence-electron chi connectivity index (χ0n) is 9.38. The molecule has 0 aromatic rings. The summed E-state index contributed by atoms with van der Waals surface area (Å²) in [6.07, 6.45) is 3.24. The molecule has 3 rings (SSSR count). The van der Waals surface area contributed by atoms with Crippen molar-refractivity contribution in [2.75, 3.05) is 13.1 Å². The number of amides is 1. The molecule has 2 saturated carbocycles. The third-order valence-electron chi connectivity index (χ3n) is 4.63. The Morgan fingerprint density at radius 3 is 2.25 bits per heavy atom. The maximum absolute atomic E-state index is 12.2. The lowest BCUT2D eigenvalue weighted by Crippen LogP contribution is -2.37. The van der Waals surface area contributed by atoms with E-state index >= 15 is 0 Å². The number of hydrogen-bond donors (Lipinski definition) is 2. The molecular formula is C12H19NO3. The van der Waals surface area contributed by atoms with Gasteiger partial charge in [-0.05, 0) is 31.1 Å². The predicted molar refractivity (Wildman–Crippen MR) is 57.5 cm³/mol. The molecule has 4 heteroatoms. The quantitative estimate of drug-likeness (QED) is 0.659. The molecule has 2 N–H and O–H groups in total. The second-order valence-corrected chi connectivity index (χ2v) is 5.66. The minimum absolute atomic E-state index is 0.169. The third-order valence-corrected chi connectivity index (χ3v) is 4.63. The van der Waals surface area contributed by atoms with E-state index in [0.717, 1.165) is 12.3 Å². The number of carbonyl (C=O) groups excluding carboxylic acids is 1. The summed E-state index contributed by atoms with van der Waals surface area (Å²) in [5, 5.41) is 18.9. The van der Waals surface area contributed by atoms with Gasteiger partial charge in [0.05, 0.1) is 12.2 Å². The maximum atomic E-state index is 12.2. The van der Waals surface area contributed by atoms with Crippen LogP contribution >= 0.6 is 0 Å². The van der Waals surface area contributed by atoms with Crippen molar-refractivity contribution < 1.29 is 15.0 Å². The van der Waals surface area contributed by atoms with Crippen LogP contribution in [-0.4, -0.2) is 46.3 Å². The zero-order valence-corrected chi connectivity index (χ0v) is 9.38. The Morgan fingerprint density at radius 1 is 1.06 bits per heavy atom. The van der Waals surface area contributed by atoms with Gasteiger partial charge in [0.2, 0.25) is 5.91 Å². The highest BCUT2D eigenvalue weighted by atomic mass is 16.3. The monoisotopic (exact) mass is 225 g/mol. The first-order valence-corrected chi connectivity index (χ1v) is 6.30. The van der Waals surface area contributed by atoms with E-state index < -0.39 is 12.2 Å². The van der Waals surface area contributed by atoms with Crippen LogP contribution in [0.25, 0.3) is 0 Å². The minimum Gasteiger partial charge on any atom is -0.388 e. The Hall–Kier alpha value is -0.610. The lowest BCUT2D eigenvalue weighted by Gasteiger charge is -2.26. The van der Waals surface area contributed by atoms with Gasteiger partial charge in [-0.2, -0.15) is 0 Å². The van der Waals surface area contributed by atoms with Gasteiger partial charge in [-0.15, -0.1) is 0 Å². The largest absolute Gasteiger partial charge is 0.388 e. The smallest absolute Gasteiger partial charge is 0.226 e. The van der Waals surface area contributed by atoms with Crippen molar-refractivity contribution in [3.63, 3.8) is 0 Å². The molecule has 1 amide bonds. The van der Waals surface area contributed by atoms with Crippen LogP contribution in [0.15, 0.2) is 0 Å². The molecule has 90 valence electrons. The summed E-state index contributed by atoms with van der Waals surface area (Å²) in [5.74, 6) is 1.68. The predicted octanol–water partition coefficient (Wildman–Crippen LogP) is -0.0134. The molecule has 2 bridgehead atoms. The molecule has 4 nitrogen and oxygen atoms in total. The summed E-state index contributed by atoms with van der Waals surface area (Å²) in [7, 11) is 0. The van der Waals surface area contributed by atoms with E-state index in [0.29, 0.717) is 19.0 Å². The fourth-order valence-corrected chi connectivity index (χ4v) is 3.73. The standard InChI is InChI=1S/C12H19NO3/c14-10-5-13(6-11(10)15)12(16)9-4-7-1-2-8(9)3-7/h7-11,14-15H,1-6H2/t7?,8?,9?,10-,11+. The normalized spacial score (nSPS) is 46.6. The van der Waals surface area contributed by atoms with Crippen LogP contribution in [0.3, 0.4) is 0 Å². The number of rotatable bonds is 1. The molecule has 3 fully saturated rings. The maximum Gasteiger partial charge on any atom is 0.226 e. The van der Waals surface area contributed by atoms with Crippen LogP contribution in [0.2, 0.25) is 0 Å². The van der Waals surface area contributed by atoms with Crippen LogP contribution in [0.4, 0.5) is 0 Å². The fraction of sp³-hybridized carbons (Fsp3) is 0.917. The van der Waals surface area contributed by atoms with Gasteiger partial charge < -0.3 is 15.1 Å². The van der Waals surface area contributed by atoms with Gasteiger partial charge in [0, 0.05) is 19.0 Å². The molecule has 16 heavy (non-hydrogen) atoms. The van der Waals surface area contributed by atoms with Crippen molar-refractivity contribution in [3.05, 3.63) is 0 Å². The highest BCUT2D eigenvalue weighted by Gasteiger charge is 2.46. The molecule has 0 radical (unpaired) electrons. The number of carbonyl (C=O) groups is 1. The first-order chi connectivity index (χ1) is 7.65. The lowest BCUT2D eigenvalue weighted by molar-refractivity contribution is -0.136. The van der Waals surface area contributed by atoms with E-state index in [2.05, 4.69) is 0 Å². The molecule has 0 spiro atoms. The van der Waals surface area contributed by atoms with E-state index in [1.807, 2.05) is 0 Å². The number of nitrogens with zero attached hydrogens (tertiary/aromatic N) is 1. The van der Waals surface area contributed by atoms with Crippen molar-refractivity contribution in [2.45, 2.75) is 37.9 Å². The Balaban J connectivity index is 1.66. The highest BCUT2D eigenvalue weighted by Crippen LogP contribution is 2.49. The summed E-state index contributed by atoms with van der Waals surface area (Å²) >= 11 is 0. The molecule has 0 aromatic heterocycles. The number of aliphatic hydroxyl groups excluding tert-OH is 2. The van der Waals surface area contributed by atoms with E-state index in [1.165, 1.54) is 19.3 Å². The topological polar surface area (TPSA) is 60.8 Å². The van der Waals surface area contributed by atoms with Gasteiger partial charge in [-0.3, -0.25) is 4.79 Å².